The Bertz CT molecular complexity index is 468. The third kappa shape index (κ3) is 2.41. The Morgan fingerprint density at radius 2 is 2.07 bits per heavy atom. The minimum atomic E-state index is 0.287. The third-order valence-corrected chi connectivity index (χ3v) is 3.08. The van der Waals surface area contributed by atoms with Gasteiger partial charge in [0, 0.05) is 10.7 Å². The molecule has 3 heteroatoms. The van der Waals surface area contributed by atoms with Crippen LogP contribution in [0.4, 0.5) is 0 Å². The van der Waals surface area contributed by atoms with E-state index in [1.54, 1.807) is 7.11 Å². The lowest BCUT2D eigenvalue weighted by Crippen LogP contribution is -1.98. The van der Waals surface area contributed by atoms with Crippen molar-refractivity contribution in [2.45, 2.75) is 0 Å². The Morgan fingerprint density at radius 3 is 2.87 bits per heavy atom. The smallest absolute Gasteiger partial charge is 0.188 e. The van der Waals surface area contributed by atoms with Crippen molar-refractivity contribution in [3.63, 3.8) is 0 Å². The van der Waals surface area contributed by atoms with Crippen molar-refractivity contribution in [1.82, 2.24) is 0 Å². The standard InChI is InChI=1S/C12H11IO2/c1-14-8-15-10-5-6-11-9(7-10)3-2-4-12(11)13/h2-7H,8H2,1H3. The van der Waals surface area contributed by atoms with Gasteiger partial charge in [0.25, 0.3) is 0 Å². The van der Waals surface area contributed by atoms with Crippen LogP contribution in [-0.4, -0.2) is 13.9 Å². The fraction of sp³-hybridized carbons (Fsp3) is 0.167. The van der Waals surface area contributed by atoms with Crippen molar-refractivity contribution in [1.29, 1.82) is 0 Å². The maximum atomic E-state index is 5.38. The van der Waals surface area contributed by atoms with Crippen molar-refractivity contribution in [3.8, 4) is 5.75 Å². The molecule has 2 aromatic rings. The molecular weight excluding hydrogens is 303 g/mol. The van der Waals surface area contributed by atoms with E-state index in [0.29, 0.717) is 0 Å². The number of hydrogen-bond donors (Lipinski definition) is 0. The van der Waals surface area contributed by atoms with E-state index < -0.39 is 0 Å². The first-order chi connectivity index (χ1) is 7.31. The van der Waals surface area contributed by atoms with Crippen LogP contribution in [0.3, 0.4) is 0 Å². The number of ether oxygens (including phenoxy) is 2. The first-order valence-corrected chi connectivity index (χ1v) is 5.69. The van der Waals surface area contributed by atoms with E-state index in [9.17, 15) is 0 Å². The van der Waals surface area contributed by atoms with E-state index in [0.717, 1.165) is 5.75 Å². The van der Waals surface area contributed by atoms with Gasteiger partial charge in [-0.05, 0) is 57.6 Å². The van der Waals surface area contributed by atoms with Crippen LogP contribution in [0, 0.1) is 3.57 Å². The van der Waals surface area contributed by atoms with Crippen LogP contribution in [0.2, 0.25) is 0 Å². The van der Waals surface area contributed by atoms with Gasteiger partial charge < -0.3 is 9.47 Å². The zero-order valence-corrected chi connectivity index (χ0v) is 10.5. The molecule has 78 valence electrons. The van der Waals surface area contributed by atoms with Gasteiger partial charge in [-0.1, -0.05) is 12.1 Å². The molecule has 0 aliphatic carbocycles. The van der Waals surface area contributed by atoms with Gasteiger partial charge >= 0.3 is 0 Å². The van der Waals surface area contributed by atoms with Gasteiger partial charge in [-0.15, -0.1) is 0 Å². The highest BCUT2D eigenvalue weighted by atomic mass is 127. The van der Waals surface area contributed by atoms with Crippen LogP contribution < -0.4 is 4.74 Å². The zero-order valence-electron chi connectivity index (χ0n) is 8.37. The normalized spacial score (nSPS) is 10.5. The molecule has 0 spiro atoms. The molecular formula is C12H11IO2. The molecule has 0 aromatic heterocycles. The maximum Gasteiger partial charge on any atom is 0.188 e. The summed E-state index contributed by atoms with van der Waals surface area (Å²) in [5.74, 6) is 0.839. The van der Waals surface area contributed by atoms with Crippen LogP contribution in [0.25, 0.3) is 10.8 Å². The van der Waals surface area contributed by atoms with Crippen molar-refractivity contribution in [2.75, 3.05) is 13.9 Å². The predicted octanol–water partition coefficient (Wildman–Crippen LogP) is 3.43. The summed E-state index contributed by atoms with van der Waals surface area (Å²) in [6, 6.07) is 12.3. The highest BCUT2D eigenvalue weighted by Gasteiger charge is 1.99. The largest absolute Gasteiger partial charge is 0.468 e. The average molecular weight is 314 g/mol. The van der Waals surface area contributed by atoms with E-state index in [1.165, 1.54) is 14.3 Å². The molecule has 2 rings (SSSR count). The minimum Gasteiger partial charge on any atom is -0.468 e. The quantitative estimate of drug-likeness (QED) is 0.638. The summed E-state index contributed by atoms with van der Waals surface area (Å²) in [5.41, 5.74) is 0. The Balaban J connectivity index is 2.39. The molecule has 0 radical (unpaired) electrons. The van der Waals surface area contributed by atoms with Gasteiger partial charge in [0.1, 0.15) is 5.75 Å². The van der Waals surface area contributed by atoms with Crippen LogP contribution >= 0.6 is 22.6 Å². The second-order valence-corrected chi connectivity index (χ2v) is 4.34. The Morgan fingerprint density at radius 1 is 1.20 bits per heavy atom. The minimum absolute atomic E-state index is 0.287. The molecule has 0 saturated carbocycles. The number of benzene rings is 2. The molecule has 0 fully saturated rings. The first kappa shape index (κ1) is 10.7. The summed E-state index contributed by atoms with van der Waals surface area (Å²) >= 11 is 2.33. The molecule has 2 nitrogen and oxygen atoms in total. The summed E-state index contributed by atoms with van der Waals surface area (Å²) in [5, 5.41) is 2.44. The lowest BCUT2D eigenvalue weighted by molar-refractivity contribution is 0.0512. The van der Waals surface area contributed by atoms with Crippen LogP contribution in [0.15, 0.2) is 36.4 Å². The lowest BCUT2D eigenvalue weighted by Gasteiger charge is -2.06. The molecule has 0 aliphatic heterocycles. The first-order valence-electron chi connectivity index (χ1n) is 4.61. The van der Waals surface area contributed by atoms with E-state index in [1.807, 2.05) is 18.2 Å². The second kappa shape index (κ2) is 4.81. The summed E-state index contributed by atoms with van der Waals surface area (Å²) < 4.78 is 11.5. The molecule has 0 heterocycles. The van der Waals surface area contributed by atoms with Gasteiger partial charge in [-0.3, -0.25) is 0 Å². The van der Waals surface area contributed by atoms with E-state index in [2.05, 4.69) is 40.8 Å². The summed E-state index contributed by atoms with van der Waals surface area (Å²) in [7, 11) is 1.62. The van der Waals surface area contributed by atoms with E-state index in [-0.39, 0.29) is 6.79 Å². The SMILES string of the molecule is COCOc1ccc2c(I)cccc2c1. The Kier molecular flexibility index (Phi) is 3.43. The highest BCUT2D eigenvalue weighted by Crippen LogP contribution is 2.24. The van der Waals surface area contributed by atoms with Gasteiger partial charge in [-0.25, -0.2) is 0 Å². The molecule has 0 saturated heterocycles. The fourth-order valence-electron chi connectivity index (χ4n) is 1.44. The predicted molar refractivity (Wildman–Crippen MR) is 69.2 cm³/mol. The lowest BCUT2D eigenvalue weighted by atomic mass is 10.1. The van der Waals surface area contributed by atoms with Crippen molar-refractivity contribution < 1.29 is 9.47 Å². The maximum absolute atomic E-state index is 5.38. The Hall–Kier alpha value is -0.810. The summed E-state index contributed by atoms with van der Waals surface area (Å²) in [4.78, 5) is 0. The molecule has 0 unspecified atom stereocenters. The molecule has 0 N–H and O–H groups in total. The third-order valence-electron chi connectivity index (χ3n) is 2.14. The van der Waals surface area contributed by atoms with Gasteiger partial charge in [0.2, 0.25) is 0 Å². The fourth-order valence-corrected chi connectivity index (χ4v) is 2.14. The van der Waals surface area contributed by atoms with Crippen LogP contribution in [0.1, 0.15) is 0 Å². The second-order valence-electron chi connectivity index (χ2n) is 3.17. The summed E-state index contributed by atoms with van der Waals surface area (Å²) in [6.07, 6.45) is 0. The number of fused-ring (bicyclic) bond motifs is 1. The van der Waals surface area contributed by atoms with E-state index >= 15 is 0 Å². The number of rotatable bonds is 3. The molecule has 0 bridgehead atoms. The molecule has 2 aromatic carbocycles. The summed E-state index contributed by atoms with van der Waals surface area (Å²) in [6.45, 7) is 0.287. The zero-order chi connectivity index (χ0) is 10.7. The van der Waals surface area contributed by atoms with Crippen molar-refractivity contribution in [2.24, 2.45) is 0 Å². The number of halogens is 1. The topological polar surface area (TPSA) is 18.5 Å². The van der Waals surface area contributed by atoms with Crippen LogP contribution in [0.5, 0.6) is 5.75 Å². The van der Waals surface area contributed by atoms with Crippen molar-refractivity contribution in [3.05, 3.63) is 40.0 Å². The van der Waals surface area contributed by atoms with Crippen molar-refractivity contribution >= 4 is 33.4 Å². The molecule has 0 aliphatic rings. The number of methoxy groups -OCH3 is 1. The van der Waals surface area contributed by atoms with Gasteiger partial charge in [0.15, 0.2) is 6.79 Å². The monoisotopic (exact) mass is 314 g/mol. The van der Waals surface area contributed by atoms with Gasteiger partial charge in [-0.2, -0.15) is 0 Å². The molecule has 0 amide bonds. The average Bonchev–Trinajstić information content (AvgIpc) is 2.26. The Labute approximate surface area is 102 Å². The van der Waals surface area contributed by atoms with Gasteiger partial charge in [0.05, 0.1) is 0 Å². The molecule has 15 heavy (non-hydrogen) atoms. The highest BCUT2D eigenvalue weighted by molar-refractivity contribution is 14.1. The van der Waals surface area contributed by atoms with E-state index in [4.69, 9.17) is 9.47 Å². The number of hydrogen-bond acceptors (Lipinski definition) is 2. The van der Waals surface area contributed by atoms with Crippen LogP contribution in [-0.2, 0) is 4.74 Å². The molecule has 0 atom stereocenters.